The summed E-state index contributed by atoms with van der Waals surface area (Å²) in [5, 5.41) is 6.93. The molecule has 0 aliphatic heterocycles. The number of carbonyl (C=O) groups excluding carboxylic acids is 1. The van der Waals surface area contributed by atoms with Crippen LogP contribution in [0.25, 0.3) is 0 Å². The molecule has 2 aliphatic rings. The van der Waals surface area contributed by atoms with Crippen molar-refractivity contribution in [1.82, 2.24) is 15.6 Å². The summed E-state index contributed by atoms with van der Waals surface area (Å²) in [6, 6.07) is 1.54. The van der Waals surface area contributed by atoms with Crippen molar-refractivity contribution >= 4 is 17.2 Å². The maximum atomic E-state index is 12.1. The van der Waals surface area contributed by atoms with E-state index in [4.69, 9.17) is 0 Å². The Morgan fingerprint density at radius 1 is 1.29 bits per heavy atom. The second-order valence-electron chi connectivity index (χ2n) is 6.37. The minimum Gasteiger partial charge on any atom is -0.352 e. The van der Waals surface area contributed by atoms with Crippen molar-refractivity contribution in [3.8, 4) is 0 Å². The zero-order valence-corrected chi connectivity index (χ0v) is 13.5. The van der Waals surface area contributed by atoms with E-state index in [-0.39, 0.29) is 5.91 Å². The van der Waals surface area contributed by atoms with Crippen molar-refractivity contribution in [2.24, 2.45) is 0 Å². The van der Waals surface area contributed by atoms with E-state index in [1.807, 2.05) is 12.4 Å². The van der Waals surface area contributed by atoms with Gasteiger partial charge in [0.2, 0.25) is 5.91 Å². The van der Waals surface area contributed by atoms with E-state index in [1.165, 1.54) is 37.0 Å². The van der Waals surface area contributed by atoms with Gasteiger partial charge >= 0.3 is 0 Å². The molecular formula is C16H25N3OS. The Morgan fingerprint density at radius 3 is 2.67 bits per heavy atom. The first-order chi connectivity index (χ1) is 10.2. The molecule has 0 aromatic carbocycles. The molecule has 0 saturated heterocycles. The largest absolute Gasteiger partial charge is 0.352 e. The zero-order valence-electron chi connectivity index (χ0n) is 12.7. The van der Waals surface area contributed by atoms with Gasteiger partial charge in [-0.05, 0) is 39.0 Å². The summed E-state index contributed by atoms with van der Waals surface area (Å²) in [5.74, 6) is 0.186. The van der Waals surface area contributed by atoms with Gasteiger partial charge in [0, 0.05) is 29.4 Å². The Balaban J connectivity index is 1.39. The van der Waals surface area contributed by atoms with Crippen molar-refractivity contribution in [3.05, 3.63) is 16.1 Å². The van der Waals surface area contributed by atoms with E-state index in [1.54, 1.807) is 11.3 Å². The van der Waals surface area contributed by atoms with Crippen LogP contribution in [0.1, 0.15) is 55.5 Å². The number of aryl methyl sites for hydroxylation is 2. The third-order valence-corrected chi connectivity index (χ3v) is 5.84. The molecule has 1 amide bonds. The van der Waals surface area contributed by atoms with Crippen LogP contribution >= 0.6 is 11.3 Å². The second-order valence-corrected chi connectivity index (χ2v) is 7.31. The maximum Gasteiger partial charge on any atom is 0.220 e. The predicted molar refractivity (Wildman–Crippen MR) is 85.5 cm³/mol. The van der Waals surface area contributed by atoms with Crippen LogP contribution < -0.4 is 10.6 Å². The van der Waals surface area contributed by atoms with Gasteiger partial charge in [-0.1, -0.05) is 12.8 Å². The molecule has 3 rings (SSSR count). The summed E-state index contributed by atoms with van der Waals surface area (Å²) in [6.07, 6.45) is 9.05. The monoisotopic (exact) mass is 307 g/mol. The predicted octanol–water partition coefficient (Wildman–Crippen LogP) is 2.56. The van der Waals surface area contributed by atoms with Crippen LogP contribution in [0, 0.1) is 6.92 Å². The lowest BCUT2D eigenvalue weighted by atomic mass is 9.85. The Labute approximate surface area is 130 Å². The quantitative estimate of drug-likeness (QED) is 0.849. The molecule has 5 heteroatoms. The highest BCUT2D eigenvalue weighted by Crippen LogP contribution is 2.25. The molecule has 0 bridgehead atoms. The maximum absolute atomic E-state index is 12.1. The van der Waals surface area contributed by atoms with Gasteiger partial charge in [-0.15, -0.1) is 11.3 Å². The van der Waals surface area contributed by atoms with E-state index < -0.39 is 0 Å². The lowest BCUT2D eigenvalue weighted by Crippen LogP contribution is -2.58. The first-order valence-electron chi connectivity index (χ1n) is 8.17. The number of rotatable bonds is 6. The molecule has 4 nitrogen and oxygen atoms in total. The zero-order chi connectivity index (χ0) is 14.7. The SMILES string of the molecule is Cc1ncsc1CCC(=O)NC1CCC1NC1CCCC1. The number of hydrogen-bond donors (Lipinski definition) is 2. The summed E-state index contributed by atoms with van der Waals surface area (Å²) >= 11 is 1.65. The smallest absolute Gasteiger partial charge is 0.220 e. The molecule has 0 radical (unpaired) electrons. The molecule has 21 heavy (non-hydrogen) atoms. The van der Waals surface area contributed by atoms with Crippen molar-refractivity contribution in [1.29, 1.82) is 0 Å². The summed E-state index contributed by atoms with van der Waals surface area (Å²) in [4.78, 5) is 17.5. The molecular weight excluding hydrogens is 282 g/mol. The highest BCUT2D eigenvalue weighted by atomic mass is 32.1. The van der Waals surface area contributed by atoms with E-state index in [0.717, 1.165) is 18.5 Å². The van der Waals surface area contributed by atoms with Crippen molar-refractivity contribution < 1.29 is 4.79 Å². The first kappa shape index (κ1) is 15.0. The van der Waals surface area contributed by atoms with Gasteiger partial charge in [0.1, 0.15) is 0 Å². The third kappa shape index (κ3) is 3.83. The summed E-state index contributed by atoms with van der Waals surface area (Å²) in [7, 11) is 0. The number of aromatic nitrogens is 1. The average Bonchev–Trinajstić information content (AvgIpc) is 3.10. The van der Waals surface area contributed by atoms with Gasteiger partial charge in [-0.3, -0.25) is 4.79 Å². The number of carbonyl (C=O) groups is 1. The highest BCUT2D eigenvalue weighted by molar-refractivity contribution is 7.09. The number of thiazole rings is 1. The van der Waals surface area contributed by atoms with Crippen LogP contribution in [0.4, 0.5) is 0 Å². The molecule has 2 atom stereocenters. The fraction of sp³-hybridized carbons (Fsp3) is 0.750. The van der Waals surface area contributed by atoms with Crippen LogP contribution in [-0.4, -0.2) is 29.0 Å². The second kappa shape index (κ2) is 6.88. The van der Waals surface area contributed by atoms with Crippen LogP contribution in [0.3, 0.4) is 0 Å². The van der Waals surface area contributed by atoms with Gasteiger partial charge in [-0.25, -0.2) is 4.98 Å². The standard InChI is InChI=1S/C16H25N3OS/c1-11-15(21-10-17-11)8-9-16(20)19-14-7-6-13(14)18-12-4-2-3-5-12/h10,12-14,18H,2-9H2,1H3,(H,19,20). The minimum absolute atomic E-state index is 0.186. The van der Waals surface area contributed by atoms with Crippen molar-refractivity contribution in [2.45, 2.75) is 76.4 Å². The van der Waals surface area contributed by atoms with E-state index in [0.29, 0.717) is 24.5 Å². The Bertz CT molecular complexity index is 482. The molecule has 1 aromatic rings. The minimum atomic E-state index is 0.186. The highest BCUT2D eigenvalue weighted by Gasteiger charge is 2.33. The van der Waals surface area contributed by atoms with Crippen molar-refractivity contribution in [3.63, 3.8) is 0 Å². The van der Waals surface area contributed by atoms with Crippen LogP contribution in [-0.2, 0) is 11.2 Å². The Morgan fingerprint density at radius 2 is 2.05 bits per heavy atom. The summed E-state index contributed by atoms with van der Waals surface area (Å²) in [5.41, 5.74) is 2.92. The van der Waals surface area contributed by atoms with Gasteiger partial charge in [0.15, 0.2) is 0 Å². The molecule has 2 N–H and O–H groups in total. The number of hydrogen-bond acceptors (Lipinski definition) is 4. The van der Waals surface area contributed by atoms with Gasteiger partial charge in [0.05, 0.1) is 11.2 Å². The van der Waals surface area contributed by atoms with Gasteiger partial charge in [0.25, 0.3) is 0 Å². The molecule has 1 aromatic heterocycles. The van der Waals surface area contributed by atoms with Crippen molar-refractivity contribution in [2.75, 3.05) is 0 Å². The molecule has 2 fully saturated rings. The van der Waals surface area contributed by atoms with Gasteiger partial charge in [-0.2, -0.15) is 0 Å². The lowest BCUT2D eigenvalue weighted by molar-refractivity contribution is -0.122. The molecule has 2 unspecified atom stereocenters. The summed E-state index contributed by atoms with van der Waals surface area (Å²) < 4.78 is 0. The molecule has 0 spiro atoms. The summed E-state index contributed by atoms with van der Waals surface area (Å²) in [6.45, 7) is 2.01. The van der Waals surface area contributed by atoms with Crippen LogP contribution in [0.2, 0.25) is 0 Å². The third-order valence-electron chi connectivity index (χ3n) is 4.85. The Hall–Kier alpha value is -0.940. The lowest BCUT2D eigenvalue weighted by Gasteiger charge is -2.39. The molecule has 1 heterocycles. The van der Waals surface area contributed by atoms with Crippen LogP contribution in [0.5, 0.6) is 0 Å². The topological polar surface area (TPSA) is 54.0 Å². The molecule has 2 saturated carbocycles. The van der Waals surface area contributed by atoms with Gasteiger partial charge < -0.3 is 10.6 Å². The number of amides is 1. The van der Waals surface area contributed by atoms with E-state index in [2.05, 4.69) is 15.6 Å². The number of nitrogens with zero attached hydrogens (tertiary/aromatic N) is 1. The van der Waals surface area contributed by atoms with E-state index in [9.17, 15) is 4.79 Å². The number of nitrogens with one attached hydrogen (secondary N) is 2. The average molecular weight is 307 g/mol. The fourth-order valence-corrected chi connectivity index (χ4v) is 4.12. The van der Waals surface area contributed by atoms with Crippen LogP contribution in [0.15, 0.2) is 5.51 Å². The first-order valence-corrected chi connectivity index (χ1v) is 9.04. The fourth-order valence-electron chi connectivity index (χ4n) is 3.34. The Kier molecular flexibility index (Phi) is 4.91. The van der Waals surface area contributed by atoms with E-state index >= 15 is 0 Å². The molecule has 116 valence electrons. The molecule has 2 aliphatic carbocycles. The normalized spacial score (nSPS) is 25.8.